The first-order valence-corrected chi connectivity index (χ1v) is 8.64. The lowest BCUT2D eigenvalue weighted by Crippen LogP contribution is -2.09. The molecule has 3 aromatic rings. The maximum absolute atomic E-state index is 14.6. The molecule has 1 atom stereocenters. The molecule has 0 bridgehead atoms. The largest absolute Gasteiger partial charge is 0.464 e. The molecule has 4 rings (SSSR count). The average Bonchev–Trinajstić information content (AvgIpc) is 3.12. The molecule has 138 valence electrons. The zero-order valence-electron chi connectivity index (χ0n) is 15.3. The highest BCUT2D eigenvalue weighted by atomic mass is 19.1. The molecule has 1 aliphatic heterocycles. The fraction of sp³-hybridized carbons (Fsp3) is 0.136. The second kappa shape index (κ2) is 6.78. The summed E-state index contributed by atoms with van der Waals surface area (Å²) < 4.78 is 21.2. The molecular weight excluding hydrogens is 357 g/mol. The number of hydrogen-bond donors (Lipinski definition) is 0. The van der Waals surface area contributed by atoms with Crippen LogP contribution in [0.4, 0.5) is 4.39 Å². The fourth-order valence-corrected chi connectivity index (χ4v) is 3.42. The normalized spacial score (nSPS) is 14.9. The third kappa shape index (κ3) is 2.69. The van der Waals surface area contributed by atoms with E-state index < -0.39 is 12.0 Å². The molecule has 5 nitrogen and oxygen atoms in total. The summed E-state index contributed by atoms with van der Waals surface area (Å²) in [5.41, 5.74) is 3.61. The summed E-state index contributed by atoms with van der Waals surface area (Å²) in [5.74, 6) is 1.67. The number of halogens is 1. The Morgan fingerprint density at radius 1 is 1.25 bits per heavy atom. The smallest absolute Gasteiger partial charge is 0.358 e. The summed E-state index contributed by atoms with van der Waals surface area (Å²) in [5, 5.41) is 0. The highest BCUT2D eigenvalue weighted by Gasteiger charge is 2.29. The summed E-state index contributed by atoms with van der Waals surface area (Å²) >= 11 is 0. The number of esters is 1. The quantitative estimate of drug-likeness (QED) is 0.509. The highest BCUT2D eigenvalue weighted by Crippen LogP contribution is 2.33. The van der Waals surface area contributed by atoms with Crippen LogP contribution < -0.4 is 0 Å². The number of benzene rings is 2. The Morgan fingerprint density at radius 2 is 2.04 bits per heavy atom. The lowest BCUT2D eigenvalue weighted by Gasteiger charge is -2.13. The summed E-state index contributed by atoms with van der Waals surface area (Å²) in [6, 6.07) is 11.4. The molecule has 0 saturated carbocycles. The Hall–Kier alpha value is -3.72. The molecule has 0 radical (unpaired) electrons. The minimum absolute atomic E-state index is 0.181. The van der Waals surface area contributed by atoms with Gasteiger partial charge in [0.15, 0.2) is 5.69 Å². The van der Waals surface area contributed by atoms with Crippen LogP contribution in [0.3, 0.4) is 0 Å². The van der Waals surface area contributed by atoms with Gasteiger partial charge in [-0.05, 0) is 37.3 Å². The van der Waals surface area contributed by atoms with E-state index >= 15 is 0 Å². The maximum atomic E-state index is 14.6. The molecule has 0 spiro atoms. The van der Waals surface area contributed by atoms with Crippen LogP contribution in [-0.2, 0) is 4.74 Å². The topological polar surface area (TPSA) is 56.5 Å². The number of rotatable bonds is 2. The fourth-order valence-electron chi connectivity index (χ4n) is 3.42. The molecule has 2 heterocycles. The van der Waals surface area contributed by atoms with Crippen molar-refractivity contribution in [3.05, 3.63) is 82.7 Å². The minimum Gasteiger partial charge on any atom is -0.464 e. The van der Waals surface area contributed by atoms with Gasteiger partial charge in [0.05, 0.1) is 30.2 Å². The van der Waals surface area contributed by atoms with Crippen molar-refractivity contribution in [1.29, 1.82) is 0 Å². The van der Waals surface area contributed by atoms with Crippen molar-refractivity contribution in [3.63, 3.8) is 0 Å². The maximum Gasteiger partial charge on any atom is 0.358 e. The molecule has 0 aliphatic carbocycles. The van der Waals surface area contributed by atoms with Gasteiger partial charge in [-0.2, -0.15) is 0 Å². The third-order valence-corrected chi connectivity index (χ3v) is 4.71. The van der Waals surface area contributed by atoms with Crippen LogP contribution in [0, 0.1) is 18.2 Å². The van der Waals surface area contributed by atoms with E-state index in [4.69, 9.17) is 16.2 Å². The van der Waals surface area contributed by atoms with E-state index in [1.165, 1.54) is 13.2 Å². The third-order valence-electron chi connectivity index (χ3n) is 4.71. The van der Waals surface area contributed by atoms with Crippen molar-refractivity contribution < 1.29 is 13.9 Å². The van der Waals surface area contributed by atoms with Crippen LogP contribution >= 0.6 is 0 Å². The number of fused-ring (bicyclic) bond motifs is 3. The molecular formula is C22H16FN3O2. The number of carbonyl (C=O) groups is 1. The van der Waals surface area contributed by atoms with Gasteiger partial charge in [-0.25, -0.2) is 14.2 Å². The van der Waals surface area contributed by atoms with Gasteiger partial charge in [-0.3, -0.25) is 9.56 Å². The van der Waals surface area contributed by atoms with Crippen molar-refractivity contribution in [1.82, 2.24) is 9.55 Å². The van der Waals surface area contributed by atoms with E-state index in [1.54, 1.807) is 41.2 Å². The van der Waals surface area contributed by atoms with Gasteiger partial charge in [0.1, 0.15) is 12.1 Å². The number of aliphatic imine (C=N–C) groups is 1. The molecule has 0 N–H and O–H groups in total. The number of nitrogens with zero attached hydrogens (tertiary/aromatic N) is 3. The molecule has 28 heavy (non-hydrogen) atoms. The second-order valence-corrected chi connectivity index (χ2v) is 6.35. The lowest BCUT2D eigenvalue weighted by atomic mass is 9.98. The van der Waals surface area contributed by atoms with Gasteiger partial charge >= 0.3 is 5.97 Å². The van der Waals surface area contributed by atoms with Gasteiger partial charge in [0.25, 0.3) is 0 Å². The predicted octanol–water partition coefficient (Wildman–Crippen LogP) is 3.69. The summed E-state index contributed by atoms with van der Waals surface area (Å²) in [4.78, 5) is 21.2. The first-order valence-electron chi connectivity index (χ1n) is 8.64. The molecule has 1 aliphatic rings. The molecule has 0 fully saturated rings. The van der Waals surface area contributed by atoms with E-state index in [0.29, 0.717) is 33.8 Å². The van der Waals surface area contributed by atoms with Crippen molar-refractivity contribution in [2.24, 2.45) is 4.99 Å². The number of imidazole rings is 1. The number of hydrogen-bond acceptors (Lipinski definition) is 4. The molecule has 1 aromatic heterocycles. The van der Waals surface area contributed by atoms with Gasteiger partial charge in [0.2, 0.25) is 0 Å². The van der Waals surface area contributed by atoms with E-state index in [-0.39, 0.29) is 11.5 Å². The summed E-state index contributed by atoms with van der Waals surface area (Å²) in [7, 11) is 1.30. The lowest BCUT2D eigenvalue weighted by molar-refractivity contribution is 0.0592. The van der Waals surface area contributed by atoms with Crippen molar-refractivity contribution >= 4 is 11.7 Å². The SMILES string of the molecule is C#Cc1ccc2c(c1)C(c1ccccc1F)=N[C@H](C)c1c(C(=O)OC)ncn1-2. The Labute approximate surface area is 161 Å². The second-order valence-electron chi connectivity index (χ2n) is 6.35. The Balaban J connectivity index is 2.05. The average molecular weight is 373 g/mol. The monoisotopic (exact) mass is 373 g/mol. The van der Waals surface area contributed by atoms with E-state index in [2.05, 4.69) is 10.9 Å². The standard InChI is InChI=1S/C22H16FN3O2/c1-4-14-9-10-18-16(11-14)19(15-7-5-6-8-17(15)23)25-13(2)21-20(22(27)28-3)24-12-26(18)21/h1,5-13H,2-3H3/t13-/m1/s1. The molecule has 0 saturated heterocycles. The molecule has 0 unspecified atom stereocenters. The first kappa shape index (κ1) is 17.7. The van der Waals surface area contributed by atoms with Crippen LogP contribution in [0.2, 0.25) is 0 Å². The van der Waals surface area contributed by atoms with E-state index in [9.17, 15) is 9.18 Å². The van der Waals surface area contributed by atoms with Crippen LogP contribution in [0.5, 0.6) is 0 Å². The van der Waals surface area contributed by atoms with Crippen LogP contribution in [0.1, 0.15) is 45.8 Å². The van der Waals surface area contributed by atoms with Crippen LogP contribution in [-0.4, -0.2) is 28.3 Å². The van der Waals surface area contributed by atoms with Crippen molar-refractivity contribution in [3.8, 4) is 18.0 Å². The van der Waals surface area contributed by atoms with Crippen LogP contribution in [0.15, 0.2) is 53.8 Å². The highest BCUT2D eigenvalue weighted by molar-refractivity contribution is 6.15. The Bertz CT molecular complexity index is 1170. The van der Waals surface area contributed by atoms with Gasteiger partial charge in [0, 0.05) is 16.7 Å². The first-order chi connectivity index (χ1) is 13.5. The predicted molar refractivity (Wildman–Crippen MR) is 103 cm³/mol. The molecule has 6 heteroatoms. The Morgan fingerprint density at radius 3 is 2.75 bits per heavy atom. The zero-order valence-corrected chi connectivity index (χ0v) is 15.3. The number of terminal acetylenes is 1. The summed E-state index contributed by atoms with van der Waals surface area (Å²) in [6.45, 7) is 1.83. The molecule has 2 aromatic carbocycles. The number of methoxy groups -OCH3 is 1. The van der Waals surface area contributed by atoms with E-state index in [1.807, 2.05) is 13.0 Å². The minimum atomic E-state index is -0.549. The van der Waals surface area contributed by atoms with Crippen LogP contribution in [0.25, 0.3) is 5.69 Å². The molecule has 0 amide bonds. The number of carbonyl (C=O) groups excluding carboxylic acids is 1. The van der Waals surface area contributed by atoms with Gasteiger partial charge in [-0.15, -0.1) is 6.42 Å². The zero-order chi connectivity index (χ0) is 19.8. The van der Waals surface area contributed by atoms with E-state index in [0.717, 1.165) is 0 Å². The number of aromatic nitrogens is 2. The van der Waals surface area contributed by atoms with Gasteiger partial charge in [-0.1, -0.05) is 18.1 Å². The number of ether oxygens (including phenoxy) is 1. The Kier molecular flexibility index (Phi) is 4.28. The van der Waals surface area contributed by atoms with Crippen molar-refractivity contribution in [2.75, 3.05) is 7.11 Å². The summed E-state index contributed by atoms with van der Waals surface area (Å²) in [6.07, 6.45) is 7.12. The van der Waals surface area contributed by atoms with Gasteiger partial charge < -0.3 is 4.74 Å². The van der Waals surface area contributed by atoms with Crippen molar-refractivity contribution in [2.45, 2.75) is 13.0 Å².